The first-order valence-corrected chi connectivity index (χ1v) is 15.4. The zero-order valence-corrected chi connectivity index (χ0v) is 27.5. The number of carbonyl (C=O) groups is 3. The first kappa shape index (κ1) is 34.0. The number of anilines is 1. The van der Waals surface area contributed by atoms with E-state index in [-0.39, 0.29) is 24.7 Å². The van der Waals surface area contributed by atoms with E-state index in [2.05, 4.69) is 12.2 Å². The molecule has 0 saturated carbocycles. The summed E-state index contributed by atoms with van der Waals surface area (Å²) in [6.45, 7) is 9.12. The number of aliphatic hydroxyl groups is 1. The predicted molar refractivity (Wildman–Crippen MR) is 164 cm³/mol. The zero-order chi connectivity index (χ0) is 32.6. The number of esters is 1. The van der Waals surface area contributed by atoms with Gasteiger partial charge in [0, 0.05) is 26.5 Å². The van der Waals surface area contributed by atoms with Gasteiger partial charge in [0.05, 0.1) is 31.2 Å². The van der Waals surface area contributed by atoms with E-state index in [1.54, 1.807) is 33.9 Å². The number of halogens is 1. The van der Waals surface area contributed by atoms with Crippen molar-refractivity contribution in [3.63, 3.8) is 0 Å². The van der Waals surface area contributed by atoms with Crippen LogP contribution in [0.1, 0.15) is 59.4 Å². The molecule has 4 rings (SSSR count). The molecule has 2 N–H and O–H groups in total. The lowest BCUT2D eigenvalue weighted by atomic mass is 9.83. The predicted octanol–water partition coefficient (Wildman–Crippen LogP) is 4.40. The Labute approximate surface area is 264 Å². The minimum Gasteiger partial charge on any atom is -0.495 e. The van der Waals surface area contributed by atoms with E-state index in [1.807, 2.05) is 25.1 Å². The van der Waals surface area contributed by atoms with Crippen LogP contribution >= 0.6 is 11.6 Å². The number of benzene rings is 1. The molecule has 0 spiro atoms. The number of ether oxygens (including phenoxy) is 5. The van der Waals surface area contributed by atoms with Crippen molar-refractivity contribution in [1.29, 1.82) is 0 Å². The van der Waals surface area contributed by atoms with Gasteiger partial charge in [0.2, 0.25) is 5.91 Å². The van der Waals surface area contributed by atoms with Crippen molar-refractivity contribution in [1.82, 2.24) is 5.32 Å². The highest BCUT2D eigenvalue weighted by molar-refractivity contribution is 6.35. The van der Waals surface area contributed by atoms with Crippen LogP contribution in [0.4, 0.5) is 10.5 Å². The molecule has 44 heavy (non-hydrogen) atoms. The Morgan fingerprint density at radius 3 is 2.55 bits per heavy atom. The molecule has 2 saturated heterocycles. The number of methoxy groups -OCH3 is 2. The molecule has 3 heterocycles. The molecule has 0 radical (unpaired) electrons. The Bertz CT molecular complexity index is 1290. The van der Waals surface area contributed by atoms with E-state index in [4.69, 9.17) is 35.3 Å². The van der Waals surface area contributed by atoms with Crippen LogP contribution in [-0.2, 0) is 35.0 Å². The maximum atomic E-state index is 13.8. The molecule has 2 fully saturated rings. The fraction of sp³-hybridized carbons (Fsp3) is 0.656. The molecule has 2 amide bonds. The lowest BCUT2D eigenvalue weighted by molar-refractivity contribution is -0.157. The van der Waals surface area contributed by atoms with Gasteiger partial charge in [-0.15, -0.1) is 0 Å². The van der Waals surface area contributed by atoms with Crippen LogP contribution in [-0.4, -0.2) is 80.1 Å². The Hall–Kier alpha value is -2.86. The number of fused-ring (bicyclic) bond motifs is 5. The SMILES string of the molecule is COc1cc2cc(c1Cl)N(C)C(=O)C[C@H](OC(=O)C(C)C)[C@@]1(C)O[C@H]1[C@H](C)[C@@H]1C[C@@](O)(NC(=O)O1)[C@H](OC)/C=C/CC(C)C2. The number of nitrogens with zero attached hydrogens (tertiary/aromatic N) is 1. The smallest absolute Gasteiger partial charge is 0.409 e. The summed E-state index contributed by atoms with van der Waals surface area (Å²) < 4.78 is 28.9. The van der Waals surface area contributed by atoms with Crippen molar-refractivity contribution in [2.45, 2.75) is 96.0 Å². The van der Waals surface area contributed by atoms with E-state index in [0.29, 0.717) is 29.3 Å². The first-order chi connectivity index (χ1) is 20.6. The molecular formula is C32H45ClN2O9. The molecule has 1 unspecified atom stereocenters. The maximum absolute atomic E-state index is 13.8. The van der Waals surface area contributed by atoms with Crippen molar-refractivity contribution in [3.05, 3.63) is 34.9 Å². The summed E-state index contributed by atoms with van der Waals surface area (Å²) in [5.74, 6) is -1.08. The van der Waals surface area contributed by atoms with Gasteiger partial charge >= 0.3 is 12.1 Å². The van der Waals surface area contributed by atoms with Crippen LogP contribution in [0.5, 0.6) is 5.75 Å². The average Bonchev–Trinajstić information content (AvgIpc) is 3.66. The van der Waals surface area contributed by atoms with Crippen LogP contribution in [0, 0.1) is 17.8 Å². The monoisotopic (exact) mass is 636 g/mol. The molecular weight excluding hydrogens is 592 g/mol. The van der Waals surface area contributed by atoms with E-state index in [0.717, 1.165) is 5.56 Å². The third kappa shape index (κ3) is 7.01. The second-order valence-corrected chi connectivity index (χ2v) is 13.2. The van der Waals surface area contributed by atoms with Gasteiger partial charge in [0.15, 0.2) is 5.72 Å². The molecule has 244 valence electrons. The average molecular weight is 637 g/mol. The Morgan fingerprint density at radius 2 is 1.91 bits per heavy atom. The highest BCUT2D eigenvalue weighted by Crippen LogP contribution is 2.49. The first-order valence-electron chi connectivity index (χ1n) is 15.0. The van der Waals surface area contributed by atoms with Crippen molar-refractivity contribution in [2.75, 3.05) is 26.2 Å². The lowest BCUT2D eigenvalue weighted by Gasteiger charge is -2.42. The topological polar surface area (TPSA) is 136 Å². The number of hydrogen-bond donors (Lipinski definition) is 2. The number of alkyl carbamates (subject to hydrolysis) is 1. The largest absolute Gasteiger partial charge is 0.495 e. The third-order valence-corrected chi connectivity index (χ3v) is 9.34. The van der Waals surface area contributed by atoms with Gasteiger partial charge in [-0.2, -0.15) is 0 Å². The van der Waals surface area contributed by atoms with Gasteiger partial charge < -0.3 is 33.7 Å². The fourth-order valence-corrected chi connectivity index (χ4v) is 6.43. The van der Waals surface area contributed by atoms with Gasteiger partial charge in [-0.05, 0) is 43.4 Å². The summed E-state index contributed by atoms with van der Waals surface area (Å²) in [6, 6.07) is 3.71. The number of epoxide rings is 1. The van der Waals surface area contributed by atoms with Crippen LogP contribution in [0.3, 0.4) is 0 Å². The summed E-state index contributed by atoms with van der Waals surface area (Å²) in [4.78, 5) is 40.7. The molecule has 11 nitrogen and oxygen atoms in total. The second kappa shape index (κ2) is 13.2. The molecule has 4 bridgehead atoms. The second-order valence-electron chi connectivity index (χ2n) is 12.8. The number of amides is 2. The molecule has 8 atom stereocenters. The number of allylic oxidation sites excluding steroid dienone is 1. The van der Waals surface area contributed by atoms with Crippen LogP contribution < -0.4 is 15.0 Å². The molecule has 1 aromatic carbocycles. The zero-order valence-electron chi connectivity index (χ0n) is 26.7. The normalized spacial score (nSPS) is 35.3. The third-order valence-electron chi connectivity index (χ3n) is 8.96. The lowest BCUT2D eigenvalue weighted by Crippen LogP contribution is -2.63. The number of rotatable bonds is 4. The molecule has 0 aromatic heterocycles. The molecule has 0 aliphatic carbocycles. The van der Waals surface area contributed by atoms with E-state index in [1.165, 1.54) is 19.1 Å². The van der Waals surface area contributed by atoms with Gasteiger partial charge in [-0.25, -0.2) is 4.79 Å². The minimum atomic E-state index is -1.74. The van der Waals surface area contributed by atoms with Gasteiger partial charge in [-0.3, -0.25) is 14.9 Å². The number of hydrogen-bond acceptors (Lipinski definition) is 9. The van der Waals surface area contributed by atoms with Crippen LogP contribution in [0.2, 0.25) is 5.02 Å². The summed E-state index contributed by atoms with van der Waals surface area (Å²) in [5, 5.41) is 14.4. The highest BCUT2D eigenvalue weighted by atomic mass is 35.5. The molecule has 1 aromatic rings. The van der Waals surface area contributed by atoms with Gasteiger partial charge in [0.1, 0.15) is 34.7 Å². The van der Waals surface area contributed by atoms with E-state index in [9.17, 15) is 19.5 Å². The highest BCUT2D eigenvalue weighted by Gasteiger charge is 2.64. The Balaban J connectivity index is 1.76. The summed E-state index contributed by atoms with van der Waals surface area (Å²) in [6.07, 6.45) is 0.926. The summed E-state index contributed by atoms with van der Waals surface area (Å²) in [7, 11) is 4.61. The van der Waals surface area contributed by atoms with Gasteiger partial charge in [0.25, 0.3) is 0 Å². The quantitative estimate of drug-likeness (QED) is 0.280. The van der Waals surface area contributed by atoms with Gasteiger partial charge in [-0.1, -0.05) is 51.4 Å². The summed E-state index contributed by atoms with van der Waals surface area (Å²) >= 11 is 6.70. The summed E-state index contributed by atoms with van der Waals surface area (Å²) in [5.41, 5.74) is -1.41. The van der Waals surface area contributed by atoms with Crippen LogP contribution in [0.25, 0.3) is 0 Å². The number of carbonyl (C=O) groups excluding carboxylic acids is 3. The Kier molecular flexibility index (Phi) is 10.2. The van der Waals surface area contributed by atoms with Crippen molar-refractivity contribution in [2.24, 2.45) is 17.8 Å². The Morgan fingerprint density at radius 1 is 1.20 bits per heavy atom. The standard InChI is InChI=1S/C32H45ClN2O9/c1-17(2)29(37)43-25-15-26(36)35(6)21-13-20(14-22(40-7)27(21)33)12-18(3)10-9-11-24(41-8)32(39)16-23(42-30(38)34-32)19(4)28-31(25,5)44-28/h9,11,13-14,17-19,23-25,28,39H,10,12,15-16H2,1-8H3,(H,34,38)/b11-9+/t18?,19-,23+,24-,25+,28+,31-,32+/m1/s1. The number of nitrogens with one attached hydrogen (secondary N) is 1. The van der Waals surface area contributed by atoms with Crippen molar-refractivity contribution < 1.29 is 43.2 Å². The molecule has 3 aliphatic rings. The maximum Gasteiger partial charge on any atom is 0.409 e. The minimum absolute atomic E-state index is 0.0243. The molecule has 3 aliphatic heterocycles. The van der Waals surface area contributed by atoms with Crippen molar-refractivity contribution in [3.8, 4) is 5.75 Å². The van der Waals surface area contributed by atoms with E-state index >= 15 is 0 Å². The molecule has 12 heteroatoms. The fourth-order valence-electron chi connectivity index (χ4n) is 6.12. The van der Waals surface area contributed by atoms with Crippen LogP contribution in [0.15, 0.2) is 24.3 Å². The van der Waals surface area contributed by atoms with Crippen molar-refractivity contribution >= 4 is 35.3 Å². The van der Waals surface area contributed by atoms with E-state index < -0.39 is 59.6 Å².